The molecule has 2 heterocycles. The van der Waals surface area contributed by atoms with E-state index in [2.05, 4.69) is 4.98 Å². The molecule has 1 unspecified atom stereocenters. The van der Waals surface area contributed by atoms with Crippen molar-refractivity contribution in [2.24, 2.45) is 0 Å². The Morgan fingerprint density at radius 2 is 2.15 bits per heavy atom. The van der Waals surface area contributed by atoms with Gasteiger partial charge in [0.1, 0.15) is 5.15 Å². The zero-order valence-corrected chi connectivity index (χ0v) is 12.9. The molecule has 1 aromatic rings. The molecule has 1 saturated heterocycles. The Kier molecular flexibility index (Phi) is 4.35. The van der Waals surface area contributed by atoms with E-state index in [1.54, 1.807) is 17.0 Å². The molecule has 0 bridgehead atoms. The molecule has 1 amide bonds. The van der Waals surface area contributed by atoms with Crippen molar-refractivity contribution < 1.29 is 9.90 Å². The third-order valence-corrected chi connectivity index (χ3v) is 3.69. The number of carbonyl (C=O) groups is 1. The summed E-state index contributed by atoms with van der Waals surface area (Å²) >= 11 is 6.04. The number of aliphatic hydroxyl groups excluding tert-OH is 1. The van der Waals surface area contributed by atoms with Crippen molar-refractivity contribution >= 4 is 17.5 Å². The Bertz CT molecular complexity index is 511. The Hall–Kier alpha value is -1.13. The number of aliphatic hydroxyl groups is 1. The Morgan fingerprint density at radius 3 is 2.75 bits per heavy atom. The molecule has 110 valence electrons. The fourth-order valence-electron chi connectivity index (χ4n) is 2.33. The van der Waals surface area contributed by atoms with Gasteiger partial charge in [0, 0.05) is 29.8 Å². The van der Waals surface area contributed by atoms with Gasteiger partial charge in [-0.15, -0.1) is 0 Å². The van der Waals surface area contributed by atoms with Gasteiger partial charge in [0.05, 0.1) is 6.10 Å². The standard InChI is InChI=1S/C15H21ClN2O2/c1-15(2,3)12-7-10(8-13(16)17-12)14(20)18-6-4-5-11(19)9-18/h7-8,11,19H,4-6,9H2,1-3H3. The maximum absolute atomic E-state index is 12.5. The molecule has 1 atom stereocenters. The largest absolute Gasteiger partial charge is 0.391 e. The average Bonchev–Trinajstić information content (AvgIpc) is 2.36. The van der Waals surface area contributed by atoms with Crippen LogP contribution in [0, 0.1) is 0 Å². The minimum atomic E-state index is -0.424. The number of amides is 1. The predicted molar refractivity (Wildman–Crippen MR) is 79.1 cm³/mol. The molecule has 1 aliphatic rings. The fraction of sp³-hybridized carbons (Fsp3) is 0.600. The summed E-state index contributed by atoms with van der Waals surface area (Å²) < 4.78 is 0. The van der Waals surface area contributed by atoms with Gasteiger partial charge in [-0.25, -0.2) is 4.98 Å². The van der Waals surface area contributed by atoms with Crippen LogP contribution in [0.3, 0.4) is 0 Å². The molecular weight excluding hydrogens is 276 g/mol. The molecule has 1 N–H and O–H groups in total. The second-order valence-corrected chi connectivity index (χ2v) is 6.75. The summed E-state index contributed by atoms with van der Waals surface area (Å²) in [6, 6.07) is 3.40. The number of β-amino-alcohol motifs (C(OH)–C–C–N with tert-alkyl or cyclic N) is 1. The summed E-state index contributed by atoms with van der Waals surface area (Å²) in [7, 11) is 0. The first kappa shape index (κ1) is 15.3. The van der Waals surface area contributed by atoms with Crippen LogP contribution in [0.1, 0.15) is 49.7 Å². The lowest BCUT2D eigenvalue weighted by atomic mass is 9.90. The number of aromatic nitrogens is 1. The maximum Gasteiger partial charge on any atom is 0.254 e. The minimum Gasteiger partial charge on any atom is -0.391 e. The number of carbonyl (C=O) groups excluding carboxylic acids is 1. The van der Waals surface area contributed by atoms with Gasteiger partial charge < -0.3 is 10.0 Å². The molecule has 1 aromatic heterocycles. The van der Waals surface area contributed by atoms with E-state index in [1.165, 1.54) is 0 Å². The molecule has 0 radical (unpaired) electrons. The van der Waals surface area contributed by atoms with E-state index in [0.29, 0.717) is 23.8 Å². The number of halogens is 1. The van der Waals surface area contributed by atoms with Crippen LogP contribution in [-0.2, 0) is 5.41 Å². The van der Waals surface area contributed by atoms with Crippen molar-refractivity contribution in [2.75, 3.05) is 13.1 Å². The van der Waals surface area contributed by atoms with Crippen molar-refractivity contribution in [3.8, 4) is 0 Å². The highest BCUT2D eigenvalue weighted by molar-refractivity contribution is 6.29. The molecule has 1 fully saturated rings. The fourth-order valence-corrected chi connectivity index (χ4v) is 2.53. The van der Waals surface area contributed by atoms with E-state index >= 15 is 0 Å². The van der Waals surface area contributed by atoms with Crippen LogP contribution in [0.4, 0.5) is 0 Å². The topological polar surface area (TPSA) is 53.4 Å². The van der Waals surface area contributed by atoms with Crippen LogP contribution in [0.25, 0.3) is 0 Å². The molecular formula is C15H21ClN2O2. The number of piperidine rings is 1. The summed E-state index contributed by atoms with van der Waals surface area (Å²) in [6.07, 6.45) is 1.17. The summed E-state index contributed by atoms with van der Waals surface area (Å²) in [4.78, 5) is 18.5. The second kappa shape index (κ2) is 5.70. The van der Waals surface area contributed by atoms with Crippen molar-refractivity contribution in [1.82, 2.24) is 9.88 Å². The van der Waals surface area contributed by atoms with Gasteiger partial charge in [-0.05, 0) is 25.0 Å². The third-order valence-electron chi connectivity index (χ3n) is 3.49. The van der Waals surface area contributed by atoms with Gasteiger partial charge in [0.15, 0.2) is 0 Å². The lowest BCUT2D eigenvalue weighted by Crippen LogP contribution is -2.42. The van der Waals surface area contributed by atoms with Gasteiger partial charge in [0.2, 0.25) is 0 Å². The van der Waals surface area contributed by atoms with Crippen molar-refractivity contribution in [3.05, 3.63) is 28.5 Å². The molecule has 20 heavy (non-hydrogen) atoms. The number of hydrogen-bond acceptors (Lipinski definition) is 3. The zero-order chi connectivity index (χ0) is 14.9. The first-order valence-corrected chi connectivity index (χ1v) is 7.30. The van der Waals surface area contributed by atoms with E-state index in [-0.39, 0.29) is 11.3 Å². The molecule has 0 aliphatic carbocycles. The maximum atomic E-state index is 12.5. The van der Waals surface area contributed by atoms with Crippen LogP contribution < -0.4 is 0 Å². The molecule has 5 heteroatoms. The third kappa shape index (κ3) is 3.49. The number of nitrogens with zero attached hydrogens (tertiary/aromatic N) is 2. The number of rotatable bonds is 1. The Morgan fingerprint density at radius 1 is 1.45 bits per heavy atom. The van der Waals surface area contributed by atoms with Crippen molar-refractivity contribution in [2.45, 2.75) is 45.1 Å². The molecule has 0 saturated carbocycles. The number of pyridine rings is 1. The predicted octanol–water partition coefficient (Wildman–Crippen LogP) is 2.63. The molecule has 2 rings (SSSR count). The molecule has 4 nitrogen and oxygen atoms in total. The second-order valence-electron chi connectivity index (χ2n) is 6.36. The lowest BCUT2D eigenvalue weighted by molar-refractivity contribution is 0.0473. The van der Waals surface area contributed by atoms with Gasteiger partial charge in [-0.1, -0.05) is 32.4 Å². The summed E-state index contributed by atoms with van der Waals surface area (Å²) in [6.45, 7) is 7.17. The average molecular weight is 297 g/mol. The first-order valence-electron chi connectivity index (χ1n) is 6.93. The normalized spacial score (nSPS) is 20.1. The highest BCUT2D eigenvalue weighted by atomic mass is 35.5. The Labute approximate surface area is 124 Å². The first-order chi connectivity index (χ1) is 9.27. The summed E-state index contributed by atoms with van der Waals surface area (Å²) in [5.41, 5.74) is 1.18. The van der Waals surface area contributed by atoms with Crippen LogP contribution in [0.5, 0.6) is 0 Å². The van der Waals surface area contributed by atoms with E-state index in [4.69, 9.17) is 11.6 Å². The van der Waals surface area contributed by atoms with E-state index in [1.807, 2.05) is 20.8 Å². The highest BCUT2D eigenvalue weighted by Crippen LogP contribution is 2.24. The van der Waals surface area contributed by atoms with Crippen LogP contribution in [-0.4, -0.2) is 40.1 Å². The van der Waals surface area contributed by atoms with Crippen molar-refractivity contribution in [1.29, 1.82) is 0 Å². The van der Waals surface area contributed by atoms with E-state index in [9.17, 15) is 9.90 Å². The highest BCUT2D eigenvalue weighted by Gasteiger charge is 2.25. The molecule has 0 spiro atoms. The number of hydrogen-bond donors (Lipinski definition) is 1. The van der Waals surface area contributed by atoms with E-state index < -0.39 is 6.10 Å². The summed E-state index contributed by atoms with van der Waals surface area (Å²) in [5.74, 6) is -0.0847. The van der Waals surface area contributed by atoms with Gasteiger partial charge >= 0.3 is 0 Å². The smallest absolute Gasteiger partial charge is 0.254 e. The SMILES string of the molecule is CC(C)(C)c1cc(C(=O)N2CCCC(O)C2)cc(Cl)n1. The van der Waals surface area contributed by atoms with E-state index in [0.717, 1.165) is 18.5 Å². The quantitative estimate of drug-likeness (QED) is 0.811. The van der Waals surface area contributed by atoms with Crippen molar-refractivity contribution in [3.63, 3.8) is 0 Å². The van der Waals surface area contributed by atoms with Gasteiger partial charge in [-0.2, -0.15) is 0 Å². The molecule has 0 aromatic carbocycles. The lowest BCUT2D eigenvalue weighted by Gasteiger charge is -2.30. The Balaban J connectivity index is 2.28. The van der Waals surface area contributed by atoms with Gasteiger partial charge in [0.25, 0.3) is 5.91 Å². The van der Waals surface area contributed by atoms with Crippen LogP contribution >= 0.6 is 11.6 Å². The minimum absolute atomic E-state index is 0.0847. The monoisotopic (exact) mass is 296 g/mol. The summed E-state index contributed by atoms with van der Waals surface area (Å²) in [5, 5.41) is 10.0. The van der Waals surface area contributed by atoms with Crippen LogP contribution in [0.2, 0.25) is 5.15 Å². The van der Waals surface area contributed by atoms with Gasteiger partial charge in [-0.3, -0.25) is 4.79 Å². The molecule has 1 aliphatic heterocycles. The van der Waals surface area contributed by atoms with Crippen LogP contribution in [0.15, 0.2) is 12.1 Å². The number of likely N-dealkylation sites (tertiary alicyclic amines) is 1. The zero-order valence-electron chi connectivity index (χ0n) is 12.2.